The van der Waals surface area contributed by atoms with Crippen molar-refractivity contribution in [3.63, 3.8) is 0 Å². The number of rotatable bonds is 7. The molecule has 150 valence electrons. The molecule has 1 saturated heterocycles. The number of nitrogens with one attached hydrogen (secondary N) is 1. The van der Waals surface area contributed by atoms with E-state index in [4.69, 9.17) is 9.47 Å². The van der Waals surface area contributed by atoms with Crippen molar-refractivity contribution in [2.24, 2.45) is 11.8 Å². The van der Waals surface area contributed by atoms with Crippen molar-refractivity contribution >= 4 is 17.7 Å². The number of imide groups is 1. The van der Waals surface area contributed by atoms with Crippen molar-refractivity contribution in [2.45, 2.75) is 32.2 Å². The van der Waals surface area contributed by atoms with Gasteiger partial charge >= 0.3 is 0 Å². The Morgan fingerprint density at radius 2 is 1.79 bits per heavy atom. The van der Waals surface area contributed by atoms with E-state index in [0.717, 1.165) is 5.56 Å². The van der Waals surface area contributed by atoms with E-state index in [0.29, 0.717) is 24.3 Å². The maximum absolute atomic E-state index is 12.5. The first-order chi connectivity index (χ1) is 13.5. The van der Waals surface area contributed by atoms with Crippen molar-refractivity contribution in [2.75, 3.05) is 20.8 Å². The van der Waals surface area contributed by atoms with Crippen molar-refractivity contribution in [1.82, 2.24) is 10.2 Å². The smallest absolute Gasteiger partial charge is 0.233 e. The van der Waals surface area contributed by atoms with Gasteiger partial charge in [-0.2, -0.15) is 0 Å². The molecular weight excluding hydrogens is 360 g/mol. The third-order valence-electron chi connectivity index (χ3n) is 5.44. The standard InChI is InChI=1S/C21H26N2O5/c1-13(17-12-14(27-2)8-9-18(17)28-3)22-19(24)10-11-23-20(25)15-6-4-5-7-16(15)21(23)26/h4-5,8-9,12-13,15-16H,6-7,10-11H2,1-3H3,(H,22,24)/t13-,15-,16+/m1/s1. The van der Waals surface area contributed by atoms with Gasteiger partial charge in [0.15, 0.2) is 0 Å². The number of carbonyl (C=O) groups is 3. The third-order valence-corrected chi connectivity index (χ3v) is 5.44. The summed E-state index contributed by atoms with van der Waals surface area (Å²) in [5.74, 6) is 0.243. The first kappa shape index (κ1) is 19.9. The zero-order valence-corrected chi connectivity index (χ0v) is 16.4. The summed E-state index contributed by atoms with van der Waals surface area (Å²) in [4.78, 5) is 38.6. The van der Waals surface area contributed by atoms with Crippen LogP contribution in [0.4, 0.5) is 0 Å². The Morgan fingerprint density at radius 1 is 1.14 bits per heavy atom. The van der Waals surface area contributed by atoms with Crippen LogP contribution in [0, 0.1) is 11.8 Å². The lowest BCUT2D eigenvalue weighted by atomic mass is 9.85. The molecule has 1 aliphatic heterocycles. The molecular formula is C21H26N2O5. The third kappa shape index (κ3) is 3.88. The average Bonchev–Trinajstić information content (AvgIpc) is 2.96. The molecule has 1 aromatic rings. The van der Waals surface area contributed by atoms with Crippen LogP contribution in [0.5, 0.6) is 11.5 Å². The molecule has 2 aliphatic rings. The first-order valence-electron chi connectivity index (χ1n) is 9.47. The SMILES string of the molecule is COc1ccc(OC)c([C@@H](C)NC(=O)CCN2C(=O)[C@H]3CC=CC[C@H]3C2=O)c1. The van der Waals surface area contributed by atoms with E-state index < -0.39 is 0 Å². The fourth-order valence-corrected chi connectivity index (χ4v) is 3.87. The number of allylic oxidation sites excluding steroid dienone is 2. The van der Waals surface area contributed by atoms with E-state index >= 15 is 0 Å². The number of hydrogen-bond acceptors (Lipinski definition) is 5. The van der Waals surface area contributed by atoms with E-state index in [1.165, 1.54) is 4.90 Å². The van der Waals surface area contributed by atoms with Crippen LogP contribution in [-0.4, -0.2) is 43.4 Å². The molecule has 0 saturated carbocycles. The fourth-order valence-electron chi connectivity index (χ4n) is 3.87. The summed E-state index contributed by atoms with van der Waals surface area (Å²) < 4.78 is 10.6. The Hall–Kier alpha value is -2.83. The number of likely N-dealkylation sites (tertiary alicyclic amines) is 1. The van der Waals surface area contributed by atoms with Crippen molar-refractivity contribution in [3.05, 3.63) is 35.9 Å². The second-order valence-electron chi connectivity index (χ2n) is 7.13. The normalized spacial score (nSPS) is 22.0. The van der Waals surface area contributed by atoms with E-state index in [2.05, 4.69) is 5.32 Å². The second-order valence-corrected chi connectivity index (χ2v) is 7.13. The van der Waals surface area contributed by atoms with Crippen molar-refractivity contribution in [3.8, 4) is 11.5 Å². The monoisotopic (exact) mass is 386 g/mol. The van der Waals surface area contributed by atoms with E-state index in [9.17, 15) is 14.4 Å². The molecule has 0 radical (unpaired) electrons. The number of amides is 3. The van der Waals surface area contributed by atoms with Crippen LogP contribution >= 0.6 is 0 Å². The van der Waals surface area contributed by atoms with E-state index in [1.807, 2.05) is 25.1 Å². The molecule has 1 N–H and O–H groups in total. The van der Waals surface area contributed by atoms with Gasteiger partial charge in [-0.3, -0.25) is 19.3 Å². The van der Waals surface area contributed by atoms with Gasteiger partial charge in [-0.05, 0) is 38.0 Å². The Kier molecular flexibility index (Phi) is 6.02. The van der Waals surface area contributed by atoms with Crippen LogP contribution in [0.25, 0.3) is 0 Å². The van der Waals surface area contributed by atoms with Gasteiger partial charge in [0.2, 0.25) is 17.7 Å². The highest BCUT2D eigenvalue weighted by Crippen LogP contribution is 2.35. The lowest BCUT2D eigenvalue weighted by Crippen LogP contribution is -2.36. The second kappa shape index (κ2) is 8.46. The van der Waals surface area contributed by atoms with Gasteiger partial charge in [-0.15, -0.1) is 0 Å². The van der Waals surface area contributed by atoms with E-state index in [1.54, 1.807) is 26.4 Å². The lowest BCUT2D eigenvalue weighted by Gasteiger charge is -2.19. The molecule has 3 rings (SSSR count). The largest absolute Gasteiger partial charge is 0.497 e. The Morgan fingerprint density at radius 3 is 2.36 bits per heavy atom. The van der Waals surface area contributed by atoms with Gasteiger partial charge in [0.25, 0.3) is 0 Å². The molecule has 0 bridgehead atoms. The van der Waals surface area contributed by atoms with Crippen molar-refractivity contribution < 1.29 is 23.9 Å². The topological polar surface area (TPSA) is 84.9 Å². The molecule has 0 aromatic heterocycles. The fraction of sp³-hybridized carbons (Fsp3) is 0.476. The minimum atomic E-state index is -0.311. The summed E-state index contributed by atoms with van der Waals surface area (Å²) in [5.41, 5.74) is 0.792. The highest BCUT2D eigenvalue weighted by atomic mass is 16.5. The number of nitrogens with zero attached hydrogens (tertiary/aromatic N) is 1. The minimum Gasteiger partial charge on any atom is -0.497 e. The van der Waals surface area contributed by atoms with Crippen LogP contribution in [0.1, 0.15) is 37.8 Å². The highest BCUT2D eigenvalue weighted by molar-refractivity contribution is 6.05. The Bertz CT molecular complexity index is 778. The number of hydrogen-bond donors (Lipinski definition) is 1. The predicted molar refractivity (Wildman–Crippen MR) is 103 cm³/mol. The Labute approximate surface area is 164 Å². The predicted octanol–water partition coefficient (Wildman–Crippen LogP) is 2.22. The van der Waals surface area contributed by atoms with Gasteiger partial charge in [0.1, 0.15) is 11.5 Å². The summed E-state index contributed by atoms with van der Waals surface area (Å²) in [6, 6.07) is 5.08. The van der Waals surface area contributed by atoms with Crippen LogP contribution in [0.2, 0.25) is 0 Å². The van der Waals surface area contributed by atoms with Gasteiger partial charge < -0.3 is 14.8 Å². The molecule has 3 amide bonds. The molecule has 0 spiro atoms. The lowest BCUT2D eigenvalue weighted by molar-refractivity contribution is -0.140. The quantitative estimate of drug-likeness (QED) is 0.574. The van der Waals surface area contributed by atoms with Crippen molar-refractivity contribution in [1.29, 1.82) is 0 Å². The molecule has 1 aliphatic carbocycles. The molecule has 1 fully saturated rings. The molecule has 1 aromatic carbocycles. The van der Waals surface area contributed by atoms with Crippen LogP contribution < -0.4 is 14.8 Å². The molecule has 7 heteroatoms. The molecule has 3 atom stereocenters. The molecule has 0 unspecified atom stereocenters. The number of carbonyl (C=O) groups excluding carboxylic acids is 3. The number of methoxy groups -OCH3 is 2. The number of ether oxygens (including phenoxy) is 2. The minimum absolute atomic E-state index is 0.0704. The maximum atomic E-state index is 12.5. The Balaban J connectivity index is 1.59. The summed E-state index contributed by atoms with van der Waals surface area (Å²) in [6.07, 6.45) is 5.17. The number of fused-ring (bicyclic) bond motifs is 1. The summed E-state index contributed by atoms with van der Waals surface area (Å²) >= 11 is 0. The van der Waals surface area contributed by atoms with Gasteiger partial charge in [0.05, 0.1) is 32.1 Å². The van der Waals surface area contributed by atoms with Crippen LogP contribution in [0.15, 0.2) is 30.4 Å². The average molecular weight is 386 g/mol. The van der Waals surface area contributed by atoms with E-state index in [-0.39, 0.29) is 48.6 Å². The van der Waals surface area contributed by atoms with Gasteiger partial charge in [-0.1, -0.05) is 12.2 Å². The molecule has 1 heterocycles. The molecule has 7 nitrogen and oxygen atoms in total. The van der Waals surface area contributed by atoms with Crippen LogP contribution in [0.3, 0.4) is 0 Å². The van der Waals surface area contributed by atoms with Crippen LogP contribution in [-0.2, 0) is 14.4 Å². The summed E-state index contributed by atoms with van der Waals surface area (Å²) in [6.45, 7) is 1.96. The zero-order valence-electron chi connectivity index (χ0n) is 16.4. The zero-order chi connectivity index (χ0) is 20.3. The number of benzene rings is 1. The summed E-state index contributed by atoms with van der Waals surface area (Å²) in [5, 5.41) is 2.90. The van der Waals surface area contributed by atoms with Gasteiger partial charge in [0, 0.05) is 18.5 Å². The first-order valence-corrected chi connectivity index (χ1v) is 9.47. The van der Waals surface area contributed by atoms with Gasteiger partial charge in [-0.25, -0.2) is 0 Å². The maximum Gasteiger partial charge on any atom is 0.233 e. The molecule has 28 heavy (non-hydrogen) atoms. The highest BCUT2D eigenvalue weighted by Gasteiger charge is 2.46. The summed E-state index contributed by atoms with van der Waals surface area (Å²) in [7, 11) is 3.14.